The van der Waals surface area contributed by atoms with Crippen molar-refractivity contribution in [2.24, 2.45) is 5.92 Å². The number of nitrogens with one attached hydrogen (secondary N) is 2. The number of aliphatic hydroxyl groups excluding tert-OH is 1. The number of hydrogen-bond acceptors (Lipinski definition) is 4. The second-order valence-electron chi connectivity index (χ2n) is 6.81. The van der Waals surface area contributed by atoms with Crippen LogP contribution >= 0.6 is 12.4 Å². The van der Waals surface area contributed by atoms with E-state index in [2.05, 4.69) is 17.6 Å². The van der Waals surface area contributed by atoms with Crippen LogP contribution in [0, 0.1) is 5.92 Å². The largest absolute Gasteiger partial charge is 0.390 e. The minimum Gasteiger partial charge on any atom is -0.390 e. The topological polar surface area (TPSA) is 81.7 Å². The smallest absolute Gasteiger partial charge is 0.248 e. The Bertz CT molecular complexity index is 425. The summed E-state index contributed by atoms with van der Waals surface area (Å²) in [7, 11) is 0. The van der Waals surface area contributed by atoms with Crippen LogP contribution in [0.15, 0.2) is 0 Å². The molecular formula is C16H30ClN3O3. The van der Waals surface area contributed by atoms with Crippen molar-refractivity contribution < 1.29 is 14.7 Å². The van der Waals surface area contributed by atoms with Gasteiger partial charge in [0.25, 0.3) is 0 Å². The lowest BCUT2D eigenvalue weighted by atomic mass is 9.81. The summed E-state index contributed by atoms with van der Waals surface area (Å²) < 4.78 is 0. The molecule has 0 aliphatic carbocycles. The van der Waals surface area contributed by atoms with Crippen LogP contribution in [0.4, 0.5) is 0 Å². The fourth-order valence-corrected chi connectivity index (χ4v) is 3.43. The molecule has 6 nitrogen and oxygen atoms in total. The van der Waals surface area contributed by atoms with Crippen LogP contribution in [0.25, 0.3) is 0 Å². The first-order chi connectivity index (χ1) is 10.4. The van der Waals surface area contributed by atoms with E-state index in [4.69, 9.17) is 0 Å². The predicted molar refractivity (Wildman–Crippen MR) is 91.5 cm³/mol. The molecule has 2 aliphatic heterocycles. The van der Waals surface area contributed by atoms with E-state index in [1.165, 1.54) is 0 Å². The minimum absolute atomic E-state index is 0. The average molecular weight is 348 g/mol. The van der Waals surface area contributed by atoms with Crippen LogP contribution in [-0.4, -0.2) is 59.1 Å². The highest BCUT2D eigenvalue weighted by atomic mass is 35.5. The summed E-state index contributed by atoms with van der Waals surface area (Å²) >= 11 is 0. The third-order valence-electron chi connectivity index (χ3n) is 4.95. The number of rotatable bonds is 5. The number of halogens is 1. The van der Waals surface area contributed by atoms with E-state index < -0.39 is 17.7 Å². The van der Waals surface area contributed by atoms with Gasteiger partial charge in [-0.15, -0.1) is 12.4 Å². The van der Waals surface area contributed by atoms with Gasteiger partial charge in [-0.3, -0.25) is 9.59 Å². The summed E-state index contributed by atoms with van der Waals surface area (Å²) in [5.74, 6) is -0.310. The molecule has 1 spiro atoms. The van der Waals surface area contributed by atoms with E-state index >= 15 is 0 Å². The van der Waals surface area contributed by atoms with Gasteiger partial charge in [0.05, 0.1) is 6.10 Å². The molecule has 0 bridgehead atoms. The molecule has 2 saturated heterocycles. The predicted octanol–water partition coefficient (Wildman–Crippen LogP) is 0.674. The fraction of sp³-hybridized carbons (Fsp3) is 0.875. The lowest BCUT2D eigenvalue weighted by molar-refractivity contribution is -0.163. The normalized spacial score (nSPS) is 25.3. The highest BCUT2D eigenvalue weighted by Gasteiger charge is 2.53. The maximum Gasteiger partial charge on any atom is 0.248 e. The summed E-state index contributed by atoms with van der Waals surface area (Å²) in [4.78, 5) is 27.5. The number of nitrogens with zero attached hydrogens (tertiary/aromatic N) is 1. The molecule has 2 amide bonds. The molecular weight excluding hydrogens is 318 g/mol. The molecule has 0 aromatic rings. The Kier molecular flexibility index (Phi) is 7.29. The Balaban J connectivity index is 0.00000264. The van der Waals surface area contributed by atoms with Crippen LogP contribution in [-0.2, 0) is 9.59 Å². The van der Waals surface area contributed by atoms with E-state index in [1.807, 2.05) is 13.8 Å². The van der Waals surface area contributed by atoms with E-state index in [9.17, 15) is 14.7 Å². The highest BCUT2D eigenvalue weighted by Crippen LogP contribution is 2.32. The first-order valence-corrected chi connectivity index (χ1v) is 8.45. The Morgan fingerprint density at radius 2 is 1.91 bits per heavy atom. The van der Waals surface area contributed by atoms with Gasteiger partial charge < -0.3 is 20.6 Å². The van der Waals surface area contributed by atoms with Gasteiger partial charge in [-0.25, -0.2) is 0 Å². The fourth-order valence-electron chi connectivity index (χ4n) is 3.43. The van der Waals surface area contributed by atoms with Crippen LogP contribution < -0.4 is 10.6 Å². The molecule has 0 aromatic carbocycles. The molecule has 7 heteroatoms. The van der Waals surface area contributed by atoms with Crippen molar-refractivity contribution >= 4 is 24.2 Å². The van der Waals surface area contributed by atoms with E-state index in [0.29, 0.717) is 19.4 Å². The van der Waals surface area contributed by atoms with Gasteiger partial charge in [0.15, 0.2) is 0 Å². The van der Waals surface area contributed by atoms with Crippen molar-refractivity contribution in [3.05, 3.63) is 0 Å². The standard InChI is InChI=1S/C16H29N3O3.ClH/c1-4-5-10-19-14(21)12(13(20)11(2)3)18-15(22)16(19)6-8-17-9-7-16;/h11-13,17,20H,4-10H2,1-3H3,(H,18,22);1H/t12-,13-;/m1./s1. The van der Waals surface area contributed by atoms with E-state index in [1.54, 1.807) is 4.90 Å². The zero-order valence-corrected chi connectivity index (χ0v) is 15.1. The SMILES string of the molecule is CCCCN1C(=O)[C@@H]([C@H](O)C(C)C)NC(=O)C12CCNCC2.Cl. The molecule has 0 unspecified atom stereocenters. The number of aliphatic hydroxyl groups is 1. The first kappa shape index (κ1) is 20.2. The molecule has 2 fully saturated rings. The zero-order chi connectivity index (χ0) is 16.3. The number of unbranched alkanes of at least 4 members (excludes halogenated alkanes) is 1. The molecule has 0 aromatic heterocycles. The molecule has 2 rings (SSSR count). The molecule has 0 radical (unpaired) electrons. The van der Waals surface area contributed by atoms with Crippen molar-refractivity contribution in [2.75, 3.05) is 19.6 Å². The average Bonchev–Trinajstić information content (AvgIpc) is 2.51. The molecule has 23 heavy (non-hydrogen) atoms. The van der Waals surface area contributed by atoms with Crippen molar-refractivity contribution in [1.29, 1.82) is 0 Å². The van der Waals surface area contributed by atoms with Crippen LogP contribution in [0.2, 0.25) is 0 Å². The Morgan fingerprint density at radius 1 is 1.30 bits per heavy atom. The molecule has 2 aliphatic rings. The summed E-state index contributed by atoms with van der Waals surface area (Å²) in [6.45, 7) is 7.85. The summed E-state index contributed by atoms with van der Waals surface area (Å²) in [6, 6.07) is -0.815. The van der Waals surface area contributed by atoms with E-state index in [-0.39, 0.29) is 30.1 Å². The van der Waals surface area contributed by atoms with Crippen LogP contribution in [0.3, 0.4) is 0 Å². The third-order valence-corrected chi connectivity index (χ3v) is 4.95. The third kappa shape index (κ3) is 3.80. The van der Waals surface area contributed by atoms with Gasteiger partial charge in [0, 0.05) is 6.54 Å². The molecule has 3 N–H and O–H groups in total. The van der Waals surface area contributed by atoms with Crippen LogP contribution in [0.1, 0.15) is 46.5 Å². The second kappa shape index (κ2) is 8.31. The van der Waals surface area contributed by atoms with Crippen molar-refractivity contribution in [1.82, 2.24) is 15.5 Å². The van der Waals surface area contributed by atoms with Crippen molar-refractivity contribution in [2.45, 2.75) is 64.1 Å². The lowest BCUT2D eigenvalue weighted by Crippen LogP contribution is -2.74. The number of piperazine rings is 1. The number of piperidine rings is 1. The number of amides is 2. The first-order valence-electron chi connectivity index (χ1n) is 8.45. The maximum absolute atomic E-state index is 12.9. The van der Waals surface area contributed by atoms with Gasteiger partial charge in [-0.1, -0.05) is 27.2 Å². The number of hydrogen-bond donors (Lipinski definition) is 3. The van der Waals surface area contributed by atoms with Crippen LogP contribution in [0.5, 0.6) is 0 Å². The number of carbonyl (C=O) groups is 2. The van der Waals surface area contributed by atoms with Gasteiger partial charge in [0.2, 0.25) is 11.8 Å². The molecule has 2 heterocycles. The monoisotopic (exact) mass is 347 g/mol. The highest BCUT2D eigenvalue weighted by molar-refractivity contribution is 6.00. The van der Waals surface area contributed by atoms with Crippen molar-refractivity contribution in [3.63, 3.8) is 0 Å². The quantitative estimate of drug-likeness (QED) is 0.683. The Labute approximate surface area is 144 Å². The minimum atomic E-state index is -0.848. The van der Waals surface area contributed by atoms with Crippen molar-refractivity contribution in [3.8, 4) is 0 Å². The zero-order valence-electron chi connectivity index (χ0n) is 14.3. The second-order valence-corrected chi connectivity index (χ2v) is 6.81. The van der Waals surface area contributed by atoms with Gasteiger partial charge in [-0.2, -0.15) is 0 Å². The maximum atomic E-state index is 12.9. The van der Waals surface area contributed by atoms with Gasteiger partial charge in [-0.05, 0) is 38.3 Å². The summed E-state index contributed by atoms with van der Waals surface area (Å²) in [6.07, 6.45) is 2.27. The van der Waals surface area contributed by atoms with Gasteiger partial charge >= 0.3 is 0 Å². The molecule has 134 valence electrons. The summed E-state index contributed by atoms with van der Waals surface area (Å²) in [5.41, 5.74) is -0.731. The van der Waals surface area contributed by atoms with E-state index in [0.717, 1.165) is 25.9 Å². The Morgan fingerprint density at radius 3 is 2.43 bits per heavy atom. The number of carbonyl (C=O) groups excluding carboxylic acids is 2. The lowest BCUT2D eigenvalue weighted by Gasteiger charge is -2.51. The van der Waals surface area contributed by atoms with Gasteiger partial charge in [0.1, 0.15) is 11.6 Å². The summed E-state index contributed by atoms with van der Waals surface area (Å²) in [5, 5.41) is 16.4. The Hall–Kier alpha value is -0.850. The molecule has 0 saturated carbocycles. The molecule has 2 atom stereocenters.